The van der Waals surface area contributed by atoms with Crippen LogP contribution >= 0.6 is 107 Å². The summed E-state index contributed by atoms with van der Waals surface area (Å²) in [4.78, 5) is 150. The van der Waals surface area contributed by atoms with Crippen molar-refractivity contribution in [2.24, 2.45) is 16.7 Å². The van der Waals surface area contributed by atoms with Gasteiger partial charge in [-0.3, -0.25) is 38.4 Å². The molecule has 5 rings (SSSR count). The third-order valence-corrected chi connectivity index (χ3v) is 30.2. The number of amides is 5. The molecule has 0 aliphatic carbocycles. The maximum atomic E-state index is 13.7. The number of hydrogen-bond donors (Lipinski definition) is 1. The fourth-order valence-corrected chi connectivity index (χ4v) is 22.3. The fraction of sp³-hybridized carbons (Fsp3) is 0.689. The predicted octanol–water partition coefficient (Wildman–Crippen LogP) is 24.0. The van der Waals surface area contributed by atoms with Gasteiger partial charge in [-0.2, -0.15) is 0 Å². The average molecular weight is 2100 g/mol. The lowest BCUT2D eigenvalue weighted by Gasteiger charge is -2.29. The summed E-state index contributed by atoms with van der Waals surface area (Å²) >= 11 is 25.7. The lowest BCUT2D eigenvalue weighted by molar-refractivity contribution is -0.201. The second kappa shape index (κ2) is 82.6. The number of ether oxygens (including phenoxy) is 8. The van der Waals surface area contributed by atoms with E-state index < -0.39 is 80.2 Å². The topological polar surface area (TPSA) is 319 Å². The molecule has 3 atom stereocenters. The van der Waals surface area contributed by atoms with Crippen molar-refractivity contribution in [3.8, 4) is 0 Å². The first-order valence-corrected chi connectivity index (χ1v) is 56.1. The smallest absolute Gasteiger partial charge is 0.356 e. The van der Waals surface area contributed by atoms with Gasteiger partial charge in [0.05, 0.1) is 81.9 Å². The molecule has 0 saturated carbocycles. The molecular formula is C103H163N3O23S9. The number of imide groups is 2. The fourth-order valence-electron chi connectivity index (χ4n) is 13.6. The quantitative estimate of drug-likeness (QED) is 0.0161. The van der Waals surface area contributed by atoms with E-state index in [9.17, 15) is 52.7 Å². The van der Waals surface area contributed by atoms with E-state index in [1.165, 1.54) is 214 Å². The molecule has 138 heavy (non-hydrogen) atoms. The van der Waals surface area contributed by atoms with Gasteiger partial charge in [-0.25, -0.2) is 14.4 Å². The molecule has 5 amide bonds. The summed E-state index contributed by atoms with van der Waals surface area (Å²) in [6, 6.07) is 19.8. The molecule has 3 saturated heterocycles. The van der Waals surface area contributed by atoms with Crippen molar-refractivity contribution in [1.29, 1.82) is 0 Å². The van der Waals surface area contributed by atoms with Crippen molar-refractivity contribution in [3.63, 3.8) is 0 Å². The number of hydrogen-bond acceptors (Lipinski definition) is 32. The largest absolute Gasteiger partial charge is 0.463 e. The van der Waals surface area contributed by atoms with Crippen LogP contribution in [0.15, 0.2) is 92.2 Å². The van der Waals surface area contributed by atoms with Gasteiger partial charge in [0.15, 0.2) is 0 Å². The molecule has 3 unspecified atom stereocenters. The lowest BCUT2D eigenvalue weighted by atomic mass is 9.80. The van der Waals surface area contributed by atoms with Crippen LogP contribution in [0.25, 0.3) is 6.08 Å². The Bertz CT molecular complexity index is 3780. The van der Waals surface area contributed by atoms with Crippen molar-refractivity contribution in [1.82, 2.24) is 15.2 Å². The number of esters is 3. The second-order valence-corrected chi connectivity index (χ2v) is 46.0. The minimum Gasteiger partial charge on any atom is -0.463 e. The Morgan fingerprint density at radius 2 is 0.768 bits per heavy atom. The zero-order valence-electron chi connectivity index (χ0n) is 84.4. The highest BCUT2D eigenvalue weighted by atomic mass is 32.2. The molecule has 0 radical (unpaired) electrons. The van der Waals surface area contributed by atoms with Gasteiger partial charge in [-0.1, -0.05) is 353 Å². The Balaban J connectivity index is 0.000000957. The van der Waals surface area contributed by atoms with Crippen LogP contribution in [0.1, 0.15) is 329 Å². The predicted molar refractivity (Wildman–Crippen MR) is 574 cm³/mol. The number of thioether (sulfide) groups is 6. The molecule has 0 bridgehead atoms. The van der Waals surface area contributed by atoms with Crippen molar-refractivity contribution in [3.05, 3.63) is 103 Å². The number of unbranched alkanes of at least 4 members (excludes halogenated alkanes) is 27. The van der Waals surface area contributed by atoms with E-state index in [-0.39, 0.29) is 108 Å². The van der Waals surface area contributed by atoms with Crippen LogP contribution in [0.2, 0.25) is 0 Å². The Kier molecular flexibility index (Phi) is 78.1. The second-order valence-electron chi connectivity index (χ2n) is 35.1. The molecule has 35 heteroatoms. The van der Waals surface area contributed by atoms with Crippen LogP contribution in [0.5, 0.6) is 0 Å². The van der Waals surface area contributed by atoms with Gasteiger partial charge in [0.2, 0.25) is 0 Å². The SMILES string of the molecule is C=CC(=O)ON1C(=C)CCC1=O.C=Cc1ccccc1.CCCCCCCCCCCCSC(=S)SC(C)(C)C(=O)OCCOCCO.CCCCCCCCCCCCSC(=S)SC(CC(C)(C)C(=O)OCCOCCOC)C(=O)ON1C(=O)CCC1=O.CCCCCCCCCCCCSC(=S)SC(CC(CC(C)(C)C(=O)OCCOCCOC)C(=O)ON1C(=O)CCC1=O)c1ccccc1. The number of benzene rings is 2. The van der Waals surface area contributed by atoms with Crippen molar-refractivity contribution >= 4 is 189 Å². The number of nitrogens with zero attached hydrogens (tertiary/aromatic N) is 3. The van der Waals surface area contributed by atoms with E-state index in [4.69, 9.17) is 89.3 Å². The van der Waals surface area contributed by atoms with Gasteiger partial charge in [0.1, 0.15) is 40.4 Å². The van der Waals surface area contributed by atoms with Crippen molar-refractivity contribution in [2.75, 3.05) is 111 Å². The first kappa shape index (κ1) is 130. The highest BCUT2D eigenvalue weighted by molar-refractivity contribution is 8.48. The Morgan fingerprint density at radius 1 is 0.420 bits per heavy atom. The number of carbonyl (C=O) groups excluding carboxylic acids is 11. The summed E-state index contributed by atoms with van der Waals surface area (Å²) in [6.45, 7) is 30.5. The van der Waals surface area contributed by atoms with Crippen LogP contribution < -0.4 is 0 Å². The molecule has 0 aromatic heterocycles. The summed E-state index contributed by atoms with van der Waals surface area (Å²) in [5, 5.41) is 9.52. The summed E-state index contributed by atoms with van der Waals surface area (Å²) < 4.78 is 43.2. The molecule has 3 fully saturated rings. The Morgan fingerprint density at radius 3 is 1.14 bits per heavy atom. The zero-order chi connectivity index (χ0) is 102. The van der Waals surface area contributed by atoms with Gasteiger partial charge in [-0.15, -0.1) is 50.5 Å². The zero-order valence-corrected chi connectivity index (χ0v) is 91.8. The summed E-state index contributed by atoms with van der Waals surface area (Å²) in [6.07, 6.45) is 42.7. The van der Waals surface area contributed by atoms with Crippen molar-refractivity contribution in [2.45, 2.75) is 328 Å². The molecule has 1 N–H and O–H groups in total. The van der Waals surface area contributed by atoms with E-state index in [0.717, 1.165) is 72.0 Å². The normalized spacial score (nSPS) is 13.7. The molecule has 3 aliphatic rings. The van der Waals surface area contributed by atoms with Gasteiger partial charge in [0.25, 0.3) is 29.5 Å². The number of hydroxylamine groups is 6. The van der Waals surface area contributed by atoms with Crippen LogP contribution in [0, 0.1) is 16.7 Å². The number of aliphatic hydroxyl groups is 1. The molecule has 26 nitrogen and oxygen atoms in total. The van der Waals surface area contributed by atoms with Crippen LogP contribution in [0.4, 0.5) is 0 Å². The van der Waals surface area contributed by atoms with E-state index in [1.807, 2.05) is 80.6 Å². The number of thiocarbonyl (C=S) groups is 3. The summed E-state index contributed by atoms with van der Waals surface area (Å²) in [5.74, 6) is -3.96. The Labute approximate surface area is 866 Å². The number of allylic oxidation sites excluding steroid dienone is 1. The Hall–Kier alpha value is -5.64. The van der Waals surface area contributed by atoms with Crippen LogP contribution in [0.3, 0.4) is 0 Å². The van der Waals surface area contributed by atoms with Crippen molar-refractivity contribution < 1.29 is 110 Å². The number of carbonyl (C=O) groups is 11. The summed E-state index contributed by atoms with van der Waals surface area (Å²) in [7, 11) is 3.15. The van der Waals surface area contributed by atoms with E-state index in [2.05, 4.69) is 45.3 Å². The molecule has 3 heterocycles. The van der Waals surface area contributed by atoms with Gasteiger partial charge in [-0.05, 0) is 115 Å². The van der Waals surface area contributed by atoms with Gasteiger partial charge >= 0.3 is 35.8 Å². The number of aliphatic hydroxyl groups excluding tert-OH is 1. The standard InChI is InChI=1S/C37H57NO8S3.C29H49NO8S3.C21H40O4S3.C8H9NO3.C8H8/c1-5-6-7-8-9-10-11-12-13-17-26-48-36(47)49-31(29-18-15-14-16-19-29)27-30(34(41)46-38-32(39)20-21-33(38)40)28-37(2,3)35(42)45-25-24-44-23-22-43-4;1-5-6-7-8-9-10-11-12-13-14-21-40-28(39)41-23(26(33)38-30-24(31)15-16-25(30)32)22-29(2,3)27(34)37-20-19-36-18-17-35-4;1-4-5-6-7-8-9-10-11-12-13-18-27-20(26)28-21(2,3)19(23)25-17-16-24-15-14-22;1-3-8(11)12-9-6(2)4-5-7(9)10;1-2-8-6-4-3-5-7-8/h14-16,18-19,30-31H,5-13,17,20-28H2,1-4H3;23H,5-22H2,1-4H3;22H,4-18H2,1-3H3;3H,1-2,4-5H2;2-7H,1H2. The molecule has 3 aliphatic heterocycles. The van der Waals surface area contributed by atoms with Gasteiger partial charge in [0, 0.05) is 57.6 Å². The van der Waals surface area contributed by atoms with E-state index in [0.29, 0.717) is 65.2 Å². The first-order valence-electron chi connectivity index (χ1n) is 49.3. The minimum absolute atomic E-state index is 0.00130. The average Bonchev–Trinajstić information content (AvgIpc) is 1.47. The third-order valence-electron chi connectivity index (χ3n) is 21.7. The molecule has 0 spiro atoms. The van der Waals surface area contributed by atoms with Crippen LogP contribution in [-0.2, 0) is 105 Å². The number of rotatable bonds is 70. The highest BCUT2D eigenvalue weighted by Crippen LogP contribution is 2.43. The third kappa shape index (κ3) is 64.2. The summed E-state index contributed by atoms with van der Waals surface area (Å²) in [5.41, 5.74) is 0.530. The highest BCUT2D eigenvalue weighted by Gasteiger charge is 2.43. The monoisotopic (exact) mass is 2100 g/mol. The van der Waals surface area contributed by atoms with E-state index in [1.54, 1.807) is 65.4 Å². The van der Waals surface area contributed by atoms with Gasteiger partial charge < -0.3 is 57.5 Å². The van der Waals surface area contributed by atoms with E-state index >= 15 is 0 Å². The lowest BCUT2D eigenvalue weighted by Crippen LogP contribution is -2.39. The first-order chi connectivity index (χ1) is 66.2. The maximum absolute atomic E-state index is 13.7. The molecular weight excluding hydrogens is 1940 g/mol. The minimum atomic E-state index is -1.08. The maximum Gasteiger partial charge on any atom is 0.356 e. The number of methoxy groups -OCH3 is 2. The molecule has 2 aromatic carbocycles. The molecule has 2 aromatic rings. The van der Waals surface area contributed by atoms with Crippen LogP contribution in [-0.4, -0.2) is 217 Å². The molecule has 782 valence electrons.